The molecule has 0 N–H and O–H groups in total. The van der Waals surface area contributed by atoms with Crippen molar-refractivity contribution < 1.29 is 0 Å². The molecule has 1 aromatic carbocycles. The van der Waals surface area contributed by atoms with Gasteiger partial charge in [0.25, 0.3) is 0 Å². The van der Waals surface area contributed by atoms with E-state index in [4.69, 9.17) is 5.26 Å². The molecule has 0 aliphatic carbocycles. The number of hydrogen-bond acceptors (Lipinski definition) is 1. The van der Waals surface area contributed by atoms with Gasteiger partial charge in [-0.15, -0.1) is 0 Å². The molecule has 0 unspecified atom stereocenters. The van der Waals surface area contributed by atoms with Crippen LogP contribution in [0.15, 0.2) is 18.2 Å². The number of fused-ring (bicyclic) bond motifs is 1. The van der Waals surface area contributed by atoms with Crippen LogP contribution in [0.25, 0.3) is 10.9 Å². The molecule has 2 heteroatoms. The van der Waals surface area contributed by atoms with Crippen molar-refractivity contribution in [1.29, 1.82) is 5.26 Å². The second-order valence-corrected chi connectivity index (χ2v) is 5.94. The fourth-order valence-electron chi connectivity index (χ4n) is 2.42. The number of aryl methyl sites for hydroxylation is 1. The quantitative estimate of drug-likeness (QED) is 0.744. The molecule has 0 spiro atoms. The average Bonchev–Trinajstić information content (AvgIpc) is 2.53. The Bertz CT molecular complexity index is 634. The second kappa shape index (κ2) is 4.17. The van der Waals surface area contributed by atoms with Gasteiger partial charge in [-0.05, 0) is 35.6 Å². The van der Waals surface area contributed by atoms with Gasteiger partial charge >= 0.3 is 0 Å². The summed E-state index contributed by atoms with van der Waals surface area (Å²) in [6, 6.07) is 8.88. The molecular formula is C16H20N2. The van der Waals surface area contributed by atoms with Crippen LogP contribution in [0.4, 0.5) is 0 Å². The molecule has 94 valence electrons. The van der Waals surface area contributed by atoms with Crippen LogP contribution in [0.2, 0.25) is 0 Å². The van der Waals surface area contributed by atoms with Crippen molar-refractivity contribution in [3.63, 3.8) is 0 Å². The van der Waals surface area contributed by atoms with E-state index < -0.39 is 0 Å². The summed E-state index contributed by atoms with van der Waals surface area (Å²) in [6.07, 6.45) is 0.483. The number of rotatable bonds is 1. The molecule has 2 nitrogen and oxygen atoms in total. The van der Waals surface area contributed by atoms with Crippen molar-refractivity contribution in [1.82, 2.24) is 4.57 Å². The molecular weight excluding hydrogens is 220 g/mol. The zero-order valence-electron chi connectivity index (χ0n) is 11.8. The van der Waals surface area contributed by atoms with Crippen LogP contribution in [0.1, 0.15) is 37.6 Å². The van der Waals surface area contributed by atoms with Gasteiger partial charge in [0.15, 0.2) is 0 Å². The summed E-state index contributed by atoms with van der Waals surface area (Å²) >= 11 is 0. The third-order valence-corrected chi connectivity index (χ3v) is 3.74. The van der Waals surface area contributed by atoms with Crippen LogP contribution in [0.3, 0.4) is 0 Å². The minimum absolute atomic E-state index is 0.141. The lowest BCUT2D eigenvalue weighted by Gasteiger charge is -2.19. The first kappa shape index (κ1) is 12.7. The summed E-state index contributed by atoms with van der Waals surface area (Å²) in [7, 11) is 2.06. The first-order chi connectivity index (χ1) is 8.36. The van der Waals surface area contributed by atoms with Gasteiger partial charge in [0.05, 0.1) is 12.5 Å². The lowest BCUT2D eigenvalue weighted by molar-refractivity contribution is 0.591. The van der Waals surface area contributed by atoms with Crippen LogP contribution >= 0.6 is 0 Å². The summed E-state index contributed by atoms with van der Waals surface area (Å²) in [5, 5.41) is 10.2. The Morgan fingerprint density at radius 1 is 1.28 bits per heavy atom. The molecule has 1 aromatic heterocycles. The van der Waals surface area contributed by atoms with E-state index in [1.54, 1.807) is 0 Å². The fourth-order valence-corrected chi connectivity index (χ4v) is 2.42. The van der Waals surface area contributed by atoms with Gasteiger partial charge in [-0.2, -0.15) is 5.26 Å². The molecule has 0 aliphatic rings. The fraction of sp³-hybridized carbons (Fsp3) is 0.438. The Morgan fingerprint density at radius 2 is 1.94 bits per heavy atom. The highest BCUT2D eigenvalue weighted by Crippen LogP contribution is 2.30. The molecule has 0 amide bonds. The zero-order valence-corrected chi connectivity index (χ0v) is 11.8. The molecule has 2 rings (SSSR count). The third kappa shape index (κ3) is 1.90. The van der Waals surface area contributed by atoms with E-state index in [9.17, 15) is 0 Å². The zero-order chi connectivity index (χ0) is 13.5. The molecule has 18 heavy (non-hydrogen) atoms. The summed E-state index contributed by atoms with van der Waals surface area (Å²) in [4.78, 5) is 0. The van der Waals surface area contributed by atoms with Crippen molar-refractivity contribution in [3.05, 3.63) is 35.0 Å². The van der Waals surface area contributed by atoms with Crippen LogP contribution in [0, 0.1) is 18.3 Å². The summed E-state index contributed by atoms with van der Waals surface area (Å²) in [5.41, 5.74) is 5.03. The van der Waals surface area contributed by atoms with E-state index in [1.165, 1.54) is 27.7 Å². The van der Waals surface area contributed by atoms with Crippen molar-refractivity contribution >= 4 is 10.9 Å². The molecule has 0 radical (unpaired) electrons. The van der Waals surface area contributed by atoms with E-state index in [-0.39, 0.29) is 5.41 Å². The average molecular weight is 240 g/mol. The normalized spacial score (nSPS) is 11.8. The van der Waals surface area contributed by atoms with Gasteiger partial charge in [0, 0.05) is 23.6 Å². The highest BCUT2D eigenvalue weighted by atomic mass is 14.9. The van der Waals surface area contributed by atoms with Crippen molar-refractivity contribution in [3.8, 4) is 6.07 Å². The molecule has 0 bridgehead atoms. The molecule has 0 aliphatic heterocycles. The number of aromatic nitrogens is 1. The highest BCUT2D eigenvalue weighted by molar-refractivity contribution is 5.86. The summed E-state index contributed by atoms with van der Waals surface area (Å²) < 4.78 is 2.18. The maximum Gasteiger partial charge on any atom is 0.0670 e. The van der Waals surface area contributed by atoms with Crippen LogP contribution in [-0.4, -0.2) is 4.57 Å². The highest BCUT2D eigenvalue weighted by Gasteiger charge is 2.17. The Morgan fingerprint density at radius 3 is 2.50 bits per heavy atom. The number of nitrogens with zero attached hydrogens (tertiary/aromatic N) is 2. The van der Waals surface area contributed by atoms with Gasteiger partial charge in [0.2, 0.25) is 0 Å². The van der Waals surface area contributed by atoms with Gasteiger partial charge in [0.1, 0.15) is 0 Å². The maximum atomic E-state index is 8.98. The lowest BCUT2D eigenvalue weighted by Crippen LogP contribution is -2.10. The number of nitriles is 1. The summed E-state index contributed by atoms with van der Waals surface area (Å²) in [6.45, 7) is 8.74. The predicted molar refractivity (Wildman–Crippen MR) is 75.7 cm³/mol. The van der Waals surface area contributed by atoms with E-state index in [0.717, 1.165) is 0 Å². The topological polar surface area (TPSA) is 28.7 Å². The van der Waals surface area contributed by atoms with Gasteiger partial charge in [-0.25, -0.2) is 0 Å². The SMILES string of the molecule is Cc1c(CC#N)c2cc(C(C)(C)C)ccc2n1C. The molecule has 2 aromatic rings. The van der Waals surface area contributed by atoms with Crippen LogP contribution in [-0.2, 0) is 18.9 Å². The Labute approximate surface area is 109 Å². The van der Waals surface area contributed by atoms with Gasteiger partial charge in [-0.3, -0.25) is 0 Å². The smallest absolute Gasteiger partial charge is 0.0670 e. The van der Waals surface area contributed by atoms with Gasteiger partial charge < -0.3 is 4.57 Å². The molecule has 0 saturated carbocycles. The van der Waals surface area contributed by atoms with Gasteiger partial charge in [-0.1, -0.05) is 26.8 Å². The minimum atomic E-state index is 0.141. The van der Waals surface area contributed by atoms with Crippen molar-refractivity contribution in [2.24, 2.45) is 7.05 Å². The molecule has 0 fully saturated rings. The van der Waals surface area contributed by atoms with E-state index >= 15 is 0 Å². The van der Waals surface area contributed by atoms with Crippen LogP contribution < -0.4 is 0 Å². The lowest BCUT2D eigenvalue weighted by atomic mass is 9.86. The van der Waals surface area contributed by atoms with E-state index in [2.05, 4.69) is 63.6 Å². The third-order valence-electron chi connectivity index (χ3n) is 3.74. The minimum Gasteiger partial charge on any atom is -0.348 e. The Balaban J connectivity index is 2.76. The number of hydrogen-bond donors (Lipinski definition) is 0. The second-order valence-electron chi connectivity index (χ2n) is 5.94. The van der Waals surface area contributed by atoms with E-state index in [1.807, 2.05) is 0 Å². The van der Waals surface area contributed by atoms with Crippen molar-refractivity contribution in [2.45, 2.75) is 39.5 Å². The molecule has 0 atom stereocenters. The van der Waals surface area contributed by atoms with Crippen LogP contribution in [0.5, 0.6) is 0 Å². The number of benzene rings is 1. The Hall–Kier alpha value is -1.75. The molecule has 1 heterocycles. The van der Waals surface area contributed by atoms with E-state index in [0.29, 0.717) is 6.42 Å². The maximum absolute atomic E-state index is 8.98. The monoisotopic (exact) mass is 240 g/mol. The summed E-state index contributed by atoms with van der Waals surface area (Å²) in [5.74, 6) is 0. The standard InChI is InChI=1S/C16H20N2/c1-11-13(8-9-17)14-10-12(16(2,3)4)6-7-15(14)18(11)5/h6-7,10H,8H2,1-5H3. The van der Waals surface area contributed by atoms with Crippen molar-refractivity contribution in [2.75, 3.05) is 0 Å². The first-order valence-electron chi connectivity index (χ1n) is 6.31. The first-order valence-corrected chi connectivity index (χ1v) is 6.31. The molecule has 0 saturated heterocycles. The largest absolute Gasteiger partial charge is 0.348 e. The predicted octanol–water partition coefficient (Wildman–Crippen LogP) is 3.85. The Kier molecular flexibility index (Phi) is 2.94.